The fourth-order valence-corrected chi connectivity index (χ4v) is 9.84. The Morgan fingerprint density at radius 3 is 1.94 bits per heavy atom. The van der Waals surface area contributed by atoms with Crippen LogP contribution in [0, 0.1) is 0 Å². The van der Waals surface area contributed by atoms with Gasteiger partial charge in [-0.15, -0.1) is 0 Å². The second kappa shape index (κ2) is 16.0. The molecule has 13 heteroatoms. The van der Waals surface area contributed by atoms with Crippen molar-refractivity contribution in [1.82, 2.24) is 25.1 Å². The van der Waals surface area contributed by atoms with Crippen molar-refractivity contribution in [2.24, 2.45) is 0 Å². The third-order valence-electron chi connectivity index (χ3n) is 9.88. The topological polar surface area (TPSA) is 150 Å². The monoisotopic (exact) mass is 763 g/mol. The molecular formula is C41H41N5O6S2. The lowest BCUT2D eigenvalue weighted by Gasteiger charge is -2.36. The molecule has 54 heavy (non-hydrogen) atoms. The van der Waals surface area contributed by atoms with Crippen molar-refractivity contribution in [1.29, 1.82) is 0 Å². The third-order valence-corrected chi connectivity index (χ3v) is 13.0. The molecule has 2 N–H and O–H groups in total. The zero-order valence-corrected chi connectivity index (χ0v) is 31.2. The van der Waals surface area contributed by atoms with E-state index in [1.165, 1.54) is 30.1 Å². The second-order valence-corrected chi connectivity index (χ2v) is 17.3. The molecule has 2 aromatic heterocycles. The van der Waals surface area contributed by atoms with Crippen LogP contribution in [0.5, 0.6) is 5.75 Å². The van der Waals surface area contributed by atoms with E-state index in [9.17, 15) is 26.7 Å². The van der Waals surface area contributed by atoms with Gasteiger partial charge in [-0.1, -0.05) is 84.9 Å². The number of hydrogen-bond acceptors (Lipinski definition) is 10. The van der Waals surface area contributed by atoms with Gasteiger partial charge >= 0.3 is 0 Å². The van der Waals surface area contributed by atoms with E-state index in [0.29, 0.717) is 42.5 Å². The van der Waals surface area contributed by atoms with Crippen LogP contribution in [0.15, 0.2) is 132 Å². The first-order valence-corrected chi connectivity index (χ1v) is 21.1. The van der Waals surface area contributed by atoms with E-state index in [4.69, 9.17) is 0 Å². The quantitative estimate of drug-likeness (QED) is 0.168. The standard InChI is InChI=1S/C41H41N5O6S2/c47-35-15-14-33(34(26-35)28-53(49,50)39-36-12-6-4-10-31(36)16-19-42-39)27-38(44-29-54(51,52)40-37-13-7-5-11-32(37)17-20-43-40)41(48)46-24-22-45(23-25-46)21-18-30-8-2-1-3-9-30/h1-17,19-20,26,38,44,47H,18,21-25,27-29H2. The molecule has 11 nitrogen and oxygen atoms in total. The molecule has 0 radical (unpaired) electrons. The number of aromatic nitrogens is 2. The second-order valence-electron chi connectivity index (χ2n) is 13.5. The number of nitrogens with zero attached hydrogens (tertiary/aromatic N) is 4. The first-order chi connectivity index (χ1) is 26.1. The van der Waals surface area contributed by atoms with Gasteiger partial charge in [-0.05, 0) is 64.6 Å². The summed E-state index contributed by atoms with van der Waals surface area (Å²) in [6, 6.07) is 31.2. The summed E-state index contributed by atoms with van der Waals surface area (Å²) in [5.41, 5.74) is 2.00. The van der Waals surface area contributed by atoms with E-state index in [-0.39, 0.29) is 33.7 Å². The van der Waals surface area contributed by atoms with Gasteiger partial charge in [0.15, 0.2) is 19.9 Å². The van der Waals surface area contributed by atoms with Crippen LogP contribution in [0.3, 0.4) is 0 Å². The first-order valence-electron chi connectivity index (χ1n) is 17.8. The van der Waals surface area contributed by atoms with Crippen molar-refractivity contribution >= 4 is 47.1 Å². The number of carbonyl (C=O) groups is 1. The van der Waals surface area contributed by atoms with E-state index >= 15 is 0 Å². The van der Waals surface area contributed by atoms with Crippen LogP contribution < -0.4 is 5.32 Å². The average Bonchev–Trinajstić information content (AvgIpc) is 3.19. The van der Waals surface area contributed by atoms with Gasteiger partial charge in [0.2, 0.25) is 15.7 Å². The van der Waals surface area contributed by atoms with E-state index in [1.807, 2.05) is 42.5 Å². The predicted octanol–water partition coefficient (Wildman–Crippen LogP) is 4.78. The highest BCUT2D eigenvalue weighted by molar-refractivity contribution is 7.91. The number of pyridine rings is 2. The van der Waals surface area contributed by atoms with Gasteiger partial charge in [-0.3, -0.25) is 15.0 Å². The summed E-state index contributed by atoms with van der Waals surface area (Å²) in [5, 5.41) is 15.7. The maximum atomic E-state index is 14.3. The van der Waals surface area contributed by atoms with Crippen molar-refractivity contribution in [2.45, 2.75) is 34.7 Å². The van der Waals surface area contributed by atoms with Crippen LogP contribution >= 0.6 is 0 Å². The van der Waals surface area contributed by atoms with Crippen molar-refractivity contribution in [2.75, 3.05) is 38.6 Å². The fraction of sp³-hybridized carbons (Fsp3) is 0.244. The lowest BCUT2D eigenvalue weighted by molar-refractivity contribution is -0.135. The molecule has 1 atom stereocenters. The highest BCUT2D eigenvalue weighted by Crippen LogP contribution is 2.28. The zero-order chi connectivity index (χ0) is 37.7. The number of rotatable bonds is 13. The number of fused-ring (bicyclic) bond motifs is 2. The van der Waals surface area contributed by atoms with E-state index in [0.717, 1.165) is 23.7 Å². The largest absolute Gasteiger partial charge is 0.508 e. The molecule has 1 amide bonds. The average molecular weight is 764 g/mol. The molecular weight excluding hydrogens is 723 g/mol. The summed E-state index contributed by atoms with van der Waals surface area (Å²) in [4.78, 5) is 26.8. The molecule has 0 spiro atoms. The van der Waals surface area contributed by atoms with E-state index in [2.05, 4.69) is 32.3 Å². The van der Waals surface area contributed by atoms with E-state index < -0.39 is 37.3 Å². The molecule has 0 saturated carbocycles. The normalized spacial score (nSPS) is 14.7. The van der Waals surface area contributed by atoms with Crippen LogP contribution in [0.25, 0.3) is 21.5 Å². The number of sulfone groups is 2. The molecule has 4 aromatic carbocycles. The maximum absolute atomic E-state index is 14.3. The summed E-state index contributed by atoms with van der Waals surface area (Å²) < 4.78 is 55.5. The minimum atomic E-state index is -4.03. The molecule has 1 fully saturated rings. The Morgan fingerprint density at radius 2 is 1.30 bits per heavy atom. The van der Waals surface area contributed by atoms with Crippen molar-refractivity contribution in [3.05, 3.63) is 138 Å². The van der Waals surface area contributed by atoms with Gasteiger partial charge in [0.1, 0.15) is 11.6 Å². The van der Waals surface area contributed by atoms with Gasteiger partial charge < -0.3 is 10.0 Å². The molecule has 1 unspecified atom stereocenters. The number of piperazine rings is 1. The minimum absolute atomic E-state index is 0.0281. The fourth-order valence-electron chi connectivity index (χ4n) is 6.99. The molecule has 0 bridgehead atoms. The van der Waals surface area contributed by atoms with Gasteiger partial charge in [0.25, 0.3) is 0 Å². The SMILES string of the molecule is O=C(C(Cc1ccc(O)cc1CS(=O)(=O)c1nccc2ccccc12)NCS(=O)(=O)c1nccc2ccccc12)N1CCN(CCc2ccccc2)CC1. The summed E-state index contributed by atoms with van der Waals surface area (Å²) in [6.45, 7) is 3.06. The van der Waals surface area contributed by atoms with E-state index in [1.54, 1.807) is 47.4 Å². The maximum Gasteiger partial charge on any atom is 0.240 e. The first kappa shape index (κ1) is 37.1. The molecule has 7 rings (SSSR count). The molecule has 1 aliphatic rings. The Hall–Kier alpha value is -5.21. The Kier molecular flexibility index (Phi) is 11.0. The van der Waals surface area contributed by atoms with Crippen molar-refractivity contribution < 1.29 is 26.7 Å². The number of benzene rings is 4. The molecule has 3 heterocycles. The summed E-state index contributed by atoms with van der Waals surface area (Å²) in [5.74, 6) is -1.50. The Balaban J connectivity index is 1.15. The number of aromatic hydroxyl groups is 1. The number of amides is 1. The molecule has 1 aliphatic heterocycles. The van der Waals surface area contributed by atoms with Gasteiger partial charge in [0, 0.05) is 55.9 Å². The third kappa shape index (κ3) is 8.44. The predicted molar refractivity (Wildman–Crippen MR) is 208 cm³/mol. The number of nitrogens with one attached hydrogen (secondary N) is 1. The number of phenolic OH excluding ortho intramolecular Hbond substituents is 1. The Bertz CT molecular complexity index is 2500. The van der Waals surface area contributed by atoms with Gasteiger partial charge in [-0.2, -0.15) is 0 Å². The van der Waals surface area contributed by atoms with Crippen LogP contribution in [-0.4, -0.2) is 92.3 Å². The molecule has 6 aromatic rings. The Morgan fingerprint density at radius 1 is 0.704 bits per heavy atom. The van der Waals surface area contributed by atoms with Crippen molar-refractivity contribution in [3.63, 3.8) is 0 Å². The lowest BCUT2D eigenvalue weighted by Crippen LogP contribution is -2.55. The van der Waals surface area contributed by atoms with Crippen LogP contribution in [0.4, 0.5) is 0 Å². The zero-order valence-electron chi connectivity index (χ0n) is 29.6. The van der Waals surface area contributed by atoms with Gasteiger partial charge in [0.05, 0.1) is 11.8 Å². The molecule has 0 aliphatic carbocycles. The number of hydrogen-bond donors (Lipinski definition) is 2. The van der Waals surface area contributed by atoms with Crippen LogP contribution in [-0.2, 0) is 43.1 Å². The van der Waals surface area contributed by atoms with Crippen molar-refractivity contribution in [3.8, 4) is 5.75 Å². The number of carbonyl (C=O) groups excluding carboxylic acids is 1. The summed E-state index contributed by atoms with van der Waals surface area (Å²) in [7, 11) is -8.06. The molecule has 1 saturated heterocycles. The Labute approximate surface area is 315 Å². The van der Waals surface area contributed by atoms with Gasteiger partial charge in [-0.25, -0.2) is 26.8 Å². The highest BCUT2D eigenvalue weighted by Gasteiger charge is 2.31. The summed E-state index contributed by atoms with van der Waals surface area (Å²) in [6.07, 6.45) is 3.76. The summed E-state index contributed by atoms with van der Waals surface area (Å²) >= 11 is 0. The molecule has 278 valence electrons. The highest BCUT2D eigenvalue weighted by atomic mass is 32.2. The lowest BCUT2D eigenvalue weighted by atomic mass is 9.99. The smallest absolute Gasteiger partial charge is 0.240 e. The number of phenols is 1. The van der Waals surface area contributed by atoms with Crippen LogP contribution in [0.2, 0.25) is 0 Å². The van der Waals surface area contributed by atoms with Crippen LogP contribution in [0.1, 0.15) is 16.7 Å². The minimum Gasteiger partial charge on any atom is -0.508 e.